The summed E-state index contributed by atoms with van der Waals surface area (Å²) in [5.74, 6) is -1.10. The molecule has 0 aromatic heterocycles. The van der Waals surface area contributed by atoms with Crippen LogP contribution in [0.2, 0.25) is 5.02 Å². The van der Waals surface area contributed by atoms with Crippen molar-refractivity contribution < 1.29 is 19.1 Å². The summed E-state index contributed by atoms with van der Waals surface area (Å²) in [5, 5.41) is 5.59. The normalized spacial score (nSPS) is 11.3. The van der Waals surface area contributed by atoms with Crippen LogP contribution in [0, 0.1) is 0 Å². The van der Waals surface area contributed by atoms with Gasteiger partial charge < -0.3 is 21.1 Å². The Bertz CT molecular complexity index is 808. The number of hydrogen-bond acceptors (Lipinski definition) is 4. The van der Waals surface area contributed by atoms with Gasteiger partial charge in [0.1, 0.15) is 0 Å². The Hall–Kier alpha value is -3.06. The van der Waals surface area contributed by atoms with E-state index in [2.05, 4.69) is 10.6 Å². The van der Waals surface area contributed by atoms with Crippen LogP contribution in [0.15, 0.2) is 48.5 Å². The third-order valence-corrected chi connectivity index (χ3v) is 3.82. The Morgan fingerprint density at radius 3 is 2.38 bits per heavy atom. The van der Waals surface area contributed by atoms with Crippen molar-refractivity contribution in [3.8, 4) is 0 Å². The van der Waals surface area contributed by atoms with E-state index in [9.17, 15) is 14.4 Å². The number of benzene rings is 2. The molecule has 0 fully saturated rings. The summed E-state index contributed by atoms with van der Waals surface area (Å²) in [7, 11) is 0. The average molecular weight is 376 g/mol. The minimum absolute atomic E-state index is 0.230. The molecule has 1 atom stereocenters. The number of amides is 3. The lowest BCUT2D eigenvalue weighted by Gasteiger charge is -2.14. The predicted molar refractivity (Wildman–Crippen MR) is 97.8 cm³/mol. The monoisotopic (exact) mass is 375 g/mol. The molecule has 2 aromatic carbocycles. The summed E-state index contributed by atoms with van der Waals surface area (Å²) in [5.41, 5.74) is 6.46. The molecule has 0 saturated heterocycles. The van der Waals surface area contributed by atoms with Crippen molar-refractivity contribution in [2.45, 2.75) is 19.6 Å². The SMILES string of the molecule is CC(OC(=O)c1ccc(NC(N)=O)cc1)C(=O)NCc1ccccc1Cl. The number of ether oxygens (including phenoxy) is 1. The van der Waals surface area contributed by atoms with Crippen LogP contribution in [0.1, 0.15) is 22.8 Å². The van der Waals surface area contributed by atoms with Gasteiger partial charge in [-0.15, -0.1) is 0 Å². The molecule has 0 aliphatic carbocycles. The molecule has 0 bridgehead atoms. The third kappa shape index (κ3) is 5.49. The highest BCUT2D eigenvalue weighted by atomic mass is 35.5. The van der Waals surface area contributed by atoms with Gasteiger partial charge in [-0.3, -0.25) is 4.79 Å². The molecule has 2 aromatic rings. The van der Waals surface area contributed by atoms with Crippen molar-refractivity contribution in [2.24, 2.45) is 5.73 Å². The lowest BCUT2D eigenvalue weighted by molar-refractivity contribution is -0.129. The molecule has 4 N–H and O–H groups in total. The largest absolute Gasteiger partial charge is 0.449 e. The number of carbonyl (C=O) groups excluding carboxylic acids is 3. The molecule has 0 heterocycles. The Labute approximate surface area is 155 Å². The molecule has 1 unspecified atom stereocenters. The molecule has 26 heavy (non-hydrogen) atoms. The summed E-state index contributed by atoms with van der Waals surface area (Å²) in [6.07, 6.45) is -0.978. The summed E-state index contributed by atoms with van der Waals surface area (Å²) in [4.78, 5) is 34.9. The number of rotatable bonds is 6. The van der Waals surface area contributed by atoms with Crippen LogP contribution < -0.4 is 16.4 Å². The van der Waals surface area contributed by atoms with Gasteiger partial charge in [0.15, 0.2) is 6.10 Å². The van der Waals surface area contributed by atoms with Crippen LogP contribution in [0.25, 0.3) is 0 Å². The highest BCUT2D eigenvalue weighted by Gasteiger charge is 2.19. The first-order valence-corrected chi connectivity index (χ1v) is 8.13. The Morgan fingerprint density at radius 2 is 1.77 bits per heavy atom. The lowest BCUT2D eigenvalue weighted by atomic mass is 10.2. The molecule has 0 aliphatic rings. The number of urea groups is 1. The van der Waals surface area contributed by atoms with Crippen molar-refractivity contribution in [3.63, 3.8) is 0 Å². The van der Waals surface area contributed by atoms with Crippen LogP contribution in [0.3, 0.4) is 0 Å². The molecule has 7 nitrogen and oxygen atoms in total. The topological polar surface area (TPSA) is 111 Å². The maximum absolute atomic E-state index is 12.1. The summed E-state index contributed by atoms with van der Waals surface area (Å²) >= 11 is 6.03. The van der Waals surface area contributed by atoms with Gasteiger partial charge in [0.05, 0.1) is 5.56 Å². The standard InChI is InChI=1S/C18H18ClN3O4/c1-11(16(23)21-10-13-4-2-3-5-15(13)19)26-17(24)12-6-8-14(9-7-12)22-18(20)25/h2-9,11H,10H2,1H3,(H,21,23)(H3,20,22,25). The molecule has 3 amide bonds. The molecule has 2 rings (SSSR count). The van der Waals surface area contributed by atoms with Gasteiger partial charge in [-0.1, -0.05) is 29.8 Å². The fourth-order valence-corrected chi connectivity index (χ4v) is 2.28. The lowest BCUT2D eigenvalue weighted by Crippen LogP contribution is -2.35. The van der Waals surface area contributed by atoms with E-state index in [-0.39, 0.29) is 12.1 Å². The molecule has 136 valence electrons. The van der Waals surface area contributed by atoms with E-state index in [1.807, 2.05) is 6.07 Å². The number of nitrogens with one attached hydrogen (secondary N) is 2. The Kier molecular flexibility index (Phi) is 6.57. The minimum Gasteiger partial charge on any atom is -0.449 e. The molecule has 0 radical (unpaired) electrons. The van der Waals surface area contributed by atoms with Gasteiger partial charge in [-0.25, -0.2) is 9.59 Å². The number of esters is 1. The van der Waals surface area contributed by atoms with Crippen molar-refractivity contribution in [3.05, 3.63) is 64.7 Å². The van der Waals surface area contributed by atoms with Gasteiger partial charge in [0, 0.05) is 17.3 Å². The first-order chi connectivity index (χ1) is 12.4. The van der Waals surface area contributed by atoms with Crippen LogP contribution in [0.4, 0.5) is 10.5 Å². The molecule has 8 heteroatoms. The Morgan fingerprint density at radius 1 is 1.12 bits per heavy atom. The highest BCUT2D eigenvalue weighted by molar-refractivity contribution is 6.31. The predicted octanol–water partition coefficient (Wildman–Crippen LogP) is 2.69. The van der Waals surface area contributed by atoms with Crippen molar-refractivity contribution in [1.29, 1.82) is 0 Å². The van der Waals surface area contributed by atoms with Crippen LogP contribution in [0.5, 0.6) is 0 Å². The molecular formula is C18H18ClN3O4. The smallest absolute Gasteiger partial charge is 0.338 e. The fraction of sp³-hybridized carbons (Fsp3) is 0.167. The zero-order chi connectivity index (χ0) is 19.1. The van der Waals surface area contributed by atoms with E-state index in [1.165, 1.54) is 31.2 Å². The number of anilines is 1. The number of primary amides is 1. The maximum atomic E-state index is 12.1. The van der Waals surface area contributed by atoms with Gasteiger partial charge in [-0.2, -0.15) is 0 Å². The minimum atomic E-state index is -0.978. The summed E-state index contributed by atoms with van der Waals surface area (Å²) in [6, 6.07) is 12.3. The van der Waals surface area contributed by atoms with Crippen molar-refractivity contribution >= 4 is 35.2 Å². The van der Waals surface area contributed by atoms with E-state index in [1.54, 1.807) is 18.2 Å². The number of nitrogens with two attached hydrogens (primary N) is 1. The number of hydrogen-bond donors (Lipinski definition) is 3. The van der Waals surface area contributed by atoms with Crippen LogP contribution in [-0.2, 0) is 16.1 Å². The van der Waals surface area contributed by atoms with Gasteiger partial charge in [0.25, 0.3) is 5.91 Å². The van der Waals surface area contributed by atoms with Gasteiger partial charge in [-0.05, 0) is 42.8 Å². The maximum Gasteiger partial charge on any atom is 0.338 e. The number of carbonyl (C=O) groups is 3. The summed E-state index contributed by atoms with van der Waals surface area (Å²) < 4.78 is 5.14. The molecule has 0 spiro atoms. The van der Waals surface area contributed by atoms with Crippen LogP contribution in [-0.4, -0.2) is 24.0 Å². The second kappa shape index (κ2) is 8.87. The Balaban J connectivity index is 1.88. The first-order valence-electron chi connectivity index (χ1n) is 7.75. The second-order valence-electron chi connectivity index (χ2n) is 5.42. The van der Waals surface area contributed by atoms with Gasteiger partial charge in [0.2, 0.25) is 0 Å². The quantitative estimate of drug-likeness (QED) is 0.674. The van der Waals surface area contributed by atoms with Crippen LogP contribution >= 0.6 is 11.6 Å². The molecule has 0 saturated carbocycles. The number of halogens is 1. The van der Waals surface area contributed by atoms with Crippen molar-refractivity contribution in [2.75, 3.05) is 5.32 Å². The zero-order valence-electron chi connectivity index (χ0n) is 14.0. The van der Waals surface area contributed by atoms with E-state index in [4.69, 9.17) is 22.1 Å². The van der Waals surface area contributed by atoms with E-state index in [0.717, 1.165) is 5.56 Å². The van der Waals surface area contributed by atoms with Gasteiger partial charge >= 0.3 is 12.0 Å². The van der Waals surface area contributed by atoms with Crippen molar-refractivity contribution in [1.82, 2.24) is 5.32 Å². The first kappa shape index (κ1) is 19.3. The highest BCUT2D eigenvalue weighted by Crippen LogP contribution is 2.15. The third-order valence-electron chi connectivity index (χ3n) is 3.45. The van der Waals surface area contributed by atoms with E-state index < -0.39 is 24.0 Å². The van der Waals surface area contributed by atoms with E-state index in [0.29, 0.717) is 10.7 Å². The average Bonchev–Trinajstić information content (AvgIpc) is 2.60. The zero-order valence-corrected chi connectivity index (χ0v) is 14.7. The molecular weight excluding hydrogens is 358 g/mol. The fourth-order valence-electron chi connectivity index (χ4n) is 2.08. The molecule has 0 aliphatic heterocycles. The summed E-state index contributed by atoms with van der Waals surface area (Å²) in [6.45, 7) is 1.71. The second-order valence-corrected chi connectivity index (χ2v) is 5.83. The van der Waals surface area contributed by atoms with E-state index >= 15 is 0 Å².